The van der Waals surface area contributed by atoms with Gasteiger partial charge in [-0.3, -0.25) is 0 Å². The monoisotopic (exact) mass is 321 g/mol. The van der Waals surface area contributed by atoms with Crippen molar-refractivity contribution in [1.82, 2.24) is 29.7 Å². The molecular formula is C12H12ClN7S. The van der Waals surface area contributed by atoms with Gasteiger partial charge >= 0.3 is 0 Å². The van der Waals surface area contributed by atoms with Gasteiger partial charge in [0.05, 0.1) is 6.04 Å². The first-order valence-electron chi connectivity index (χ1n) is 6.33. The van der Waals surface area contributed by atoms with Gasteiger partial charge in [-0.25, -0.2) is 9.67 Å². The molecule has 0 aliphatic heterocycles. The van der Waals surface area contributed by atoms with Crippen LogP contribution < -0.4 is 5.32 Å². The molecule has 3 aromatic rings. The third-order valence-corrected chi connectivity index (χ3v) is 3.82. The van der Waals surface area contributed by atoms with E-state index in [1.54, 1.807) is 36.0 Å². The fourth-order valence-electron chi connectivity index (χ4n) is 1.79. The maximum atomic E-state index is 5.96. The minimum absolute atomic E-state index is 0.0361. The number of thiazole rings is 1. The average Bonchev–Trinajstić information content (AvgIpc) is 3.16. The van der Waals surface area contributed by atoms with Crippen LogP contribution in [-0.4, -0.2) is 29.7 Å². The number of halogens is 1. The summed E-state index contributed by atoms with van der Waals surface area (Å²) in [5.74, 6) is 0.777. The molecule has 1 unspecified atom stereocenters. The van der Waals surface area contributed by atoms with Crippen molar-refractivity contribution in [3.8, 4) is 5.95 Å². The van der Waals surface area contributed by atoms with E-state index < -0.39 is 0 Å². The second-order valence-electron chi connectivity index (χ2n) is 4.15. The lowest BCUT2D eigenvalue weighted by atomic mass is 10.2. The molecule has 21 heavy (non-hydrogen) atoms. The largest absolute Gasteiger partial charge is 0.345 e. The molecule has 0 bridgehead atoms. The lowest BCUT2D eigenvalue weighted by molar-refractivity contribution is 0.722. The van der Waals surface area contributed by atoms with Gasteiger partial charge in [0, 0.05) is 24.0 Å². The smallest absolute Gasteiger partial charge is 0.256 e. The van der Waals surface area contributed by atoms with Crippen molar-refractivity contribution in [2.75, 3.05) is 5.32 Å². The summed E-state index contributed by atoms with van der Waals surface area (Å²) in [5, 5.41) is 10.4. The normalized spacial score (nSPS) is 12.3. The first kappa shape index (κ1) is 13.9. The minimum Gasteiger partial charge on any atom is -0.345 e. The maximum absolute atomic E-state index is 5.96. The van der Waals surface area contributed by atoms with Gasteiger partial charge in [-0.15, -0.1) is 11.3 Å². The van der Waals surface area contributed by atoms with Gasteiger partial charge in [0.15, 0.2) is 0 Å². The molecule has 0 radical (unpaired) electrons. The van der Waals surface area contributed by atoms with E-state index in [0.717, 1.165) is 11.4 Å². The molecule has 0 aromatic carbocycles. The van der Waals surface area contributed by atoms with Gasteiger partial charge < -0.3 is 5.32 Å². The van der Waals surface area contributed by atoms with Crippen molar-refractivity contribution in [1.29, 1.82) is 0 Å². The molecule has 0 aliphatic carbocycles. The van der Waals surface area contributed by atoms with E-state index in [0.29, 0.717) is 11.9 Å². The third kappa shape index (κ3) is 3.17. The number of nitrogens with zero attached hydrogens (tertiary/aromatic N) is 6. The molecule has 3 heterocycles. The summed E-state index contributed by atoms with van der Waals surface area (Å²) in [6.45, 7) is 2.07. The Labute approximate surface area is 130 Å². The van der Waals surface area contributed by atoms with E-state index in [-0.39, 0.29) is 11.3 Å². The highest BCUT2D eigenvalue weighted by atomic mass is 35.5. The summed E-state index contributed by atoms with van der Waals surface area (Å²) in [6.07, 6.45) is 6.02. The van der Waals surface area contributed by atoms with Crippen LogP contribution in [0.5, 0.6) is 0 Å². The molecule has 0 saturated heterocycles. The minimum atomic E-state index is 0.0361. The van der Waals surface area contributed by atoms with Crippen molar-refractivity contribution < 1.29 is 0 Å². The Morgan fingerprint density at radius 1 is 1.33 bits per heavy atom. The molecule has 0 amide bonds. The molecule has 1 atom stereocenters. The zero-order valence-corrected chi connectivity index (χ0v) is 12.7. The Kier molecular flexibility index (Phi) is 4.07. The fourth-order valence-corrected chi connectivity index (χ4v) is 2.72. The van der Waals surface area contributed by atoms with E-state index in [4.69, 9.17) is 11.6 Å². The Morgan fingerprint density at radius 3 is 2.90 bits per heavy atom. The van der Waals surface area contributed by atoms with Crippen LogP contribution in [0.15, 0.2) is 30.0 Å². The summed E-state index contributed by atoms with van der Waals surface area (Å²) in [7, 11) is 0. The van der Waals surface area contributed by atoms with E-state index in [9.17, 15) is 0 Å². The first-order valence-corrected chi connectivity index (χ1v) is 7.59. The predicted molar refractivity (Wildman–Crippen MR) is 80.7 cm³/mol. The standard InChI is InChI=1S/C12H12ClN7S/c1-2-8(9-14-5-7-21-9)16-11-17-10(13)18-12(19-11)20-6-3-4-15-20/h3-8H,2H2,1H3,(H,16,17,18,19). The molecule has 3 rings (SSSR count). The van der Waals surface area contributed by atoms with Gasteiger partial charge in [0.2, 0.25) is 11.2 Å². The number of hydrogen-bond acceptors (Lipinski definition) is 7. The summed E-state index contributed by atoms with van der Waals surface area (Å²) in [5.41, 5.74) is 0. The quantitative estimate of drug-likeness (QED) is 0.778. The van der Waals surface area contributed by atoms with Gasteiger partial charge in [-0.2, -0.15) is 20.1 Å². The number of hydrogen-bond donors (Lipinski definition) is 1. The SMILES string of the molecule is CCC(Nc1nc(Cl)nc(-n2cccn2)n1)c1nccs1. The van der Waals surface area contributed by atoms with Crippen LogP contribution in [0, 0.1) is 0 Å². The highest BCUT2D eigenvalue weighted by molar-refractivity contribution is 7.09. The van der Waals surface area contributed by atoms with Crippen molar-refractivity contribution in [2.24, 2.45) is 0 Å². The summed E-state index contributed by atoms with van der Waals surface area (Å²) < 4.78 is 1.53. The Hall–Kier alpha value is -2.06. The van der Waals surface area contributed by atoms with Gasteiger partial charge in [-0.1, -0.05) is 6.92 Å². The Morgan fingerprint density at radius 2 is 2.24 bits per heavy atom. The molecule has 7 nitrogen and oxygen atoms in total. The highest BCUT2D eigenvalue weighted by Crippen LogP contribution is 2.23. The van der Waals surface area contributed by atoms with Crippen LogP contribution in [0.1, 0.15) is 24.4 Å². The van der Waals surface area contributed by atoms with Gasteiger partial charge in [0.25, 0.3) is 5.95 Å². The number of nitrogens with one attached hydrogen (secondary N) is 1. The van der Waals surface area contributed by atoms with Crippen LogP contribution >= 0.6 is 22.9 Å². The van der Waals surface area contributed by atoms with Crippen LogP contribution in [0.3, 0.4) is 0 Å². The van der Waals surface area contributed by atoms with Crippen molar-refractivity contribution in [2.45, 2.75) is 19.4 Å². The predicted octanol–water partition coefficient (Wildman–Crippen LogP) is 2.73. The maximum Gasteiger partial charge on any atom is 0.256 e. The van der Waals surface area contributed by atoms with E-state index in [1.807, 2.05) is 5.38 Å². The Balaban J connectivity index is 1.88. The highest BCUT2D eigenvalue weighted by Gasteiger charge is 2.15. The number of aromatic nitrogens is 6. The van der Waals surface area contributed by atoms with Crippen molar-refractivity contribution in [3.05, 3.63) is 40.3 Å². The van der Waals surface area contributed by atoms with Gasteiger partial charge in [0.1, 0.15) is 5.01 Å². The van der Waals surface area contributed by atoms with Crippen LogP contribution in [-0.2, 0) is 0 Å². The zero-order valence-electron chi connectivity index (χ0n) is 11.1. The number of anilines is 1. The third-order valence-electron chi connectivity index (χ3n) is 2.77. The summed E-state index contributed by atoms with van der Waals surface area (Å²) >= 11 is 7.55. The van der Waals surface area contributed by atoms with Crippen LogP contribution in [0.2, 0.25) is 5.28 Å². The Bertz CT molecular complexity index is 698. The second kappa shape index (κ2) is 6.15. The zero-order chi connectivity index (χ0) is 14.7. The van der Waals surface area contributed by atoms with Crippen LogP contribution in [0.4, 0.5) is 5.95 Å². The van der Waals surface area contributed by atoms with E-state index >= 15 is 0 Å². The topological polar surface area (TPSA) is 81.4 Å². The number of rotatable bonds is 5. The molecule has 0 saturated carbocycles. The van der Waals surface area contributed by atoms with Gasteiger partial charge in [-0.05, 0) is 24.1 Å². The van der Waals surface area contributed by atoms with Crippen molar-refractivity contribution >= 4 is 28.9 Å². The van der Waals surface area contributed by atoms with E-state index in [2.05, 4.69) is 37.3 Å². The van der Waals surface area contributed by atoms with Crippen LogP contribution in [0.25, 0.3) is 5.95 Å². The lowest BCUT2D eigenvalue weighted by Gasteiger charge is -2.14. The lowest BCUT2D eigenvalue weighted by Crippen LogP contribution is -2.14. The van der Waals surface area contributed by atoms with Crippen molar-refractivity contribution in [3.63, 3.8) is 0 Å². The molecule has 3 aromatic heterocycles. The fraction of sp³-hybridized carbons (Fsp3) is 0.250. The molecule has 108 valence electrons. The summed E-state index contributed by atoms with van der Waals surface area (Å²) in [4.78, 5) is 16.8. The average molecular weight is 322 g/mol. The second-order valence-corrected chi connectivity index (χ2v) is 5.42. The first-order chi connectivity index (χ1) is 10.3. The summed E-state index contributed by atoms with van der Waals surface area (Å²) in [6, 6.07) is 1.82. The molecule has 1 N–H and O–H groups in total. The molecule has 0 fully saturated rings. The molecule has 0 spiro atoms. The molecule has 0 aliphatic rings. The molecule has 9 heteroatoms. The molecular weight excluding hydrogens is 310 g/mol. The van der Waals surface area contributed by atoms with E-state index in [1.165, 1.54) is 4.68 Å².